The van der Waals surface area contributed by atoms with Gasteiger partial charge in [0.15, 0.2) is 0 Å². The number of aliphatic carboxylic acids is 1. The average molecular weight is 415 g/mol. The second-order valence-electron chi connectivity index (χ2n) is 8.42. The van der Waals surface area contributed by atoms with Crippen LogP contribution in [0.5, 0.6) is 0 Å². The highest BCUT2D eigenvalue weighted by atomic mass is 16.4. The maximum atomic E-state index is 12.8. The third-order valence-electron chi connectivity index (χ3n) is 4.78. The monoisotopic (exact) mass is 414 g/mol. The van der Waals surface area contributed by atoms with Crippen molar-refractivity contribution in [1.82, 2.24) is 16.0 Å². The quantitative estimate of drug-likeness (QED) is 0.316. The molecule has 0 spiro atoms. The van der Waals surface area contributed by atoms with Gasteiger partial charge in [0.2, 0.25) is 17.7 Å². The fourth-order valence-corrected chi connectivity index (χ4v) is 2.72. The van der Waals surface area contributed by atoms with Crippen LogP contribution in [-0.4, -0.2) is 53.0 Å². The van der Waals surface area contributed by atoms with Crippen LogP contribution >= 0.6 is 0 Å². The molecule has 0 radical (unpaired) electrons. The molecule has 9 heteroatoms. The van der Waals surface area contributed by atoms with Crippen molar-refractivity contribution in [3.8, 4) is 0 Å². The summed E-state index contributed by atoms with van der Waals surface area (Å²) in [5.41, 5.74) is 5.56. The van der Waals surface area contributed by atoms with Gasteiger partial charge in [-0.15, -0.1) is 0 Å². The lowest BCUT2D eigenvalue weighted by Crippen LogP contribution is -2.58. The first-order chi connectivity index (χ1) is 13.3. The van der Waals surface area contributed by atoms with E-state index in [2.05, 4.69) is 16.0 Å². The zero-order valence-electron chi connectivity index (χ0n) is 18.6. The normalized spacial score (nSPS) is 16.5. The number of amides is 3. The van der Waals surface area contributed by atoms with Crippen LogP contribution in [0.25, 0.3) is 0 Å². The van der Waals surface area contributed by atoms with Gasteiger partial charge in [-0.2, -0.15) is 0 Å². The summed E-state index contributed by atoms with van der Waals surface area (Å²) in [6.07, 6.45) is 0.910. The lowest BCUT2D eigenvalue weighted by molar-refractivity contribution is -0.144. The maximum Gasteiger partial charge on any atom is 0.326 e. The van der Waals surface area contributed by atoms with Gasteiger partial charge in [0.25, 0.3) is 0 Å². The number of nitrogens with two attached hydrogens (primary N) is 1. The van der Waals surface area contributed by atoms with Gasteiger partial charge in [-0.1, -0.05) is 48.0 Å². The number of hydrogen-bond acceptors (Lipinski definition) is 5. The molecular weight excluding hydrogens is 376 g/mol. The van der Waals surface area contributed by atoms with E-state index in [1.54, 1.807) is 20.8 Å². The van der Waals surface area contributed by atoms with E-state index in [9.17, 15) is 24.3 Å². The molecule has 0 bridgehead atoms. The second-order valence-corrected chi connectivity index (χ2v) is 8.42. The molecule has 9 nitrogen and oxygen atoms in total. The highest BCUT2D eigenvalue weighted by Crippen LogP contribution is 2.11. The Morgan fingerprint density at radius 3 is 1.72 bits per heavy atom. The van der Waals surface area contributed by atoms with Crippen LogP contribution in [0.4, 0.5) is 0 Å². The van der Waals surface area contributed by atoms with Crippen molar-refractivity contribution in [2.75, 3.05) is 0 Å². The molecule has 0 fully saturated rings. The molecule has 5 unspecified atom stereocenters. The van der Waals surface area contributed by atoms with Crippen LogP contribution in [0.1, 0.15) is 61.3 Å². The van der Waals surface area contributed by atoms with E-state index >= 15 is 0 Å². The van der Waals surface area contributed by atoms with Crippen LogP contribution in [0, 0.1) is 17.8 Å². The van der Waals surface area contributed by atoms with E-state index in [-0.39, 0.29) is 17.8 Å². The van der Waals surface area contributed by atoms with Gasteiger partial charge in [-0.3, -0.25) is 14.4 Å². The summed E-state index contributed by atoms with van der Waals surface area (Å²) in [6.45, 7) is 12.4. The predicted molar refractivity (Wildman–Crippen MR) is 111 cm³/mol. The van der Waals surface area contributed by atoms with Gasteiger partial charge < -0.3 is 26.8 Å². The van der Waals surface area contributed by atoms with E-state index in [1.807, 2.05) is 20.8 Å². The zero-order valence-corrected chi connectivity index (χ0v) is 18.6. The van der Waals surface area contributed by atoms with E-state index in [0.717, 1.165) is 0 Å². The summed E-state index contributed by atoms with van der Waals surface area (Å²) in [5.74, 6) is -3.06. The number of nitrogens with one attached hydrogen (secondary N) is 3. The van der Waals surface area contributed by atoms with E-state index in [0.29, 0.717) is 12.8 Å². The van der Waals surface area contributed by atoms with Crippen molar-refractivity contribution < 1.29 is 24.3 Å². The molecule has 0 aliphatic heterocycles. The molecular formula is C20H38N4O5. The van der Waals surface area contributed by atoms with Crippen molar-refractivity contribution in [3.05, 3.63) is 0 Å². The number of carbonyl (C=O) groups excluding carboxylic acids is 3. The Bertz CT molecular complexity index is 577. The molecule has 6 N–H and O–H groups in total. The number of carboxylic acids is 1. The maximum absolute atomic E-state index is 12.8. The average Bonchev–Trinajstić information content (AvgIpc) is 2.61. The first-order valence-electron chi connectivity index (χ1n) is 10.2. The smallest absolute Gasteiger partial charge is 0.326 e. The summed E-state index contributed by atoms with van der Waals surface area (Å²) >= 11 is 0. The Labute approximate surface area is 173 Å². The van der Waals surface area contributed by atoms with Crippen molar-refractivity contribution >= 4 is 23.7 Å². The van der Waals surface area contributed by atoms with Crippen molar-refractivity contribution in [2.24, 2.45) is 23.5 Å². The number of rotatable bonds is 12. The molecule has 0 aromatic heterocycles. The molecule has 0 aromatic carbocycles. The molecule has 3 amide bonds. The van der Waals surface area contributed by atoms with Gasteiger partial charge in [-0.05, 0) is 31.1 Å². The number of carbonyl (C=O) groups is 4. The molecule has 0 aliphatic rings. The Hall–Kier alpha value is -2.16. The number of carboxylic acid groups (broad SMARTS) is 1. The lowest BCUT2D eigenvalue weighted by Gasteiger charge is -2.28. The summed E-state index contributed by atoms with van der Waals surface area (Å²) in [7, 11) is 0. The second kappa shape index (κ2) is 12.4. The molecule has 5 atom stereocenters. The Kier molecular flexibility index (Phi) is 11.5. The molecule has 0 rings (SSSR count). The van der Waals surface area contributed by atoms with E-state index in [4.69, 9.17) is 5.73 Å². The zero-order chi connectivity index (χ0) is 22.9. The molecule has 0 heterocycles. The summed E-state index contributed by atoms with van der Waals surface area (Å²) in [5, 5.41) is 17.2. The topological polar surface area (TPSA) is 151 Å². The molecule has 0 saturated carbocycles. The SMILES string of the molecule is CCC(C)C(NC(=O)C(CC(C)C)NC(=O)C(NC(=O)C(C)N)C(C)C)C(=O)O. The summed E-state index contributed by atoms with van der Waals surface area (Å²) < 4.78 is 0. The van der Waals surface area contributed by atoms with Gasteiger partial charge in [0, 0.05) is 0 Å². The first kappa shape index (κ1) is 26.8. The minimum Gasteiger partial charge on any atom is -0.480 e. The molecule has 168 valence electrons. The highest BCUT2D eigenvalue weighted by molar-refractivity contribution is 5.94. The fourth-order valence-electron chi connectivity index (χ4n) is 2.72. The van der Waals surface area contributed by atoms with E-state index in [1.165, 1.54) is 6.92 Å². The standard InChI is InChI=1S/C20H38N4O5/c1-8-12(6)16(20(28)29)24-18(26)14(9-10(2)3)22-19(27)15(11(4)5)23-17(25)13(7)21/h10-16H,8-9,21H2,1-7H3,(H,22,27)(H,23,25)(H,24,26)(H,28,29). The van der Waals surface area contributed by atoms with Crippen LogP contribution in [-0.2, 0) is 19.2 Å². The Morgan fingerprint density at radius 2 is 1.34 bits per heavy atom. The van der Waals surface area contributed by atoms with Gasteiger partial charge >= 0.3 is 5.97 Å². The molecule has 0 aliphatic carbocycles. The molecule has 29 heavy (non-hydrogen) atoms. The first-order valence-corrected chi connectivity index (χ1v) is 10.2. The van der Waals surface area contributed by atoms with Crippen LogP contribution in [0.2, 0.25) is 0 Å². The van der Waals surface area contributed by atoms with E-state index < -0.39 is 47.9 Å². The predicted octanol–water partition coefficient (Wildman–Crippen LogP) is 0.621. The largest absolute Gasteiger partial charge is 0.480 e. The van der Waals surface area contributed by atoms with Gasteiger partial charge in [-0.25, -0.2) is 4.79 Å². The van der Waals surface area contributed by atoms with Crippen LogP contribution in [0.3, 0.4) is 0 Å². The van der Waals surface area contributed by atoms with Crippen molar-refractivity contribution in [1.29, 1.82) is 0 Å². The Balaban J connectivity index is 5.43. The van der Waals surface area contributed by atoms with Crippen LogP contribution in [0.15, 0.2) is 0 Å². The molecule has 0 aromatic rings. The van der Waals surface area contributed by atoms with Gasteiger partial charge in [0.05, 0.1) is 6.04 Å². The number of hydrogen-bond donors (Lipinski definition) is 5. The third-order valence-corrected chi connectivity index (χ3v) is 4.78. The minimum atomic E-state index is -1.12. The van der Waals surface area contributed by atoms with Crippen molar-refractivity contribution in [3.63, 3.8) is 0 Å². The summed E-state index contributed by atoms with van der Waals surface area (Å²) in [6, 6.07) is -3.59. The minimum absolute atomic E-state index is 0.0779. The van der Waals surface area contributed by atoms with Gasteiger partial charge in [0.1, 0.15) is 18.1 Å². The van der Waals surface area contributed by atoms with Crippen LogP contribution < -0.4 is 21.7 Å². The third kappa shape index (κ3) is 9.25. The lowest BCUT2D eigenvalue weighted by atomic mass is 9.97. The highest BCUT2D eigenvalue weighted by Gasteiger charge is 2.32. The fraction of sp³-hybridized carbons (Fsp3) is 0.800. The van der Waals surface area contributed by atoms with Crippen molar-refractivity contribution in [2.45, 2.75) is 85.5 Å². The molecule has 0 saturated heterocycles. The summed E-state index contributed by atoms with van der Waals surface area (Å²) in [4.78, 5) is 49.0. The Morgan fingerprint density at radius 1 is 0.828 bits per heavy atom.